The monoisotopic (exact) mass is 265 g/mol. The van der Waals surface area contributed by atoms with E-state index in [4.69, 9.17) is 10.5 Å². The standard InChI is InChI=1S/C13H19N3OS/c1-3-10(6-7-14)18-13-15-11-5-4-9(17-2)8-12(11)16-13/h4-5,8,10H,3,6-7,14H2,1-2H3,(H,15,16). The quantitative estimate of drug-likeness (QED) is 0.788. The Morgan fingerprint density at radius 2 is 2.33 bits per heavy atom. The SMILES string of the molecule is CCC(CCN)Sc1nc2ccc(OC)cc2[nH]1. The zero-order valence-corrected chi connectivity index (χ0v) is 11.6. The van der Waals surface area contributed by atoms with Crippen molar-refractivity contribution < 1.29 is 4.74 Å². The van der Waals surface area contributed by atoms with Crippen molar-refractivity contribution in [2.24, 2.45) is 5.73 Å². The second-order valence-corrected chi connectivity index (χ2v) is 5.44. The molecule has 0 bridgehead atoms. The van der Waals surface area contributed by atoms with Crippen LogP contribution in [0.5, 0.6) is 5.75 Å². The topological polar surface area (TPSA) is 63.9 Å². The van der Waals surface area contributed by atoms with Crippen molar-refractivity contribution in [1.29, 1.82) is 0 Å². The molecule has 3 N–H and O–H groups in total. The van der Waals surface area contributed by atoms with Crippen LogP contribution in [0, 0.1) is 0 Å². The van der Waals surface area contributed by atoms with Gasteiger partial charge >= 0.3 is 0 Å². The normalized spacial score (nSPS) is 12.8. The highest BCUT2D eigenvalue weighted by Crippen LogP contribution is 2.28. The number of nitrogens with two attached hydrogens (primary N) is 1. The van der Waals surface area contributed by atoms with Crippen LogP contribution in [0.25, 0.3) is 11.0 Å². The number of hydrogen-bond donors (Lipinski definition) is 2. The number of nitrogens with zero attached hydrogens (tertiary/aromatic N) is 1. The number of methoxy groups -OCH3 is 1. The van der Waals surface area contributed by atoms with Gasteiger partial charge in [-0.25, -0.2) is 4.98 Å². The lowest BCUT2D eigenvalue weighted by Gasteiger charge is -2.10. The Bertz CT molecular complexity index is 512. The second kappa shape index (κ2) is 6.11. The molecule has 0 aliphatic heterocycles. The van der Waals surface area contributed by atoms with E-state index in [9.17, 15) is 0 Å². The van der Waals surface area contributed by atoms with Gasteiger partial charge in [-0.05, 0) is 31.5 Å². The van der Waals surface area contributed by atoms with E-state index >= 15 is 0 Å². The summed E-state index contributed by atoms with van der Waals surface area (Å²) in [6, 6.07) is 5.86. The highest BCUT2D eigenvalue weighted by molar-refractivity contribution is 7.99. The molecule has 1 unspecified atom stereocenters. The van der Waals surface area contributed by atoms with Crippen LogP contribution >= 0.6 is 11.8 Å². The first-order chi connectivity index (χ1) is 8.76. The smallest absolute Gasteiger partial charge is 0.166 e. The number of ether oxygens (including phenoxy) is 1. The molecule has 1 aromatic heterocycles. The third-order valence-electron chi connectivity index (χ3n) is 2.89. The number of nitrogens with one attached hydrogen (secondary N) is 1. The third kappa shape index (κ3) is 2.97. The Hall–Kier alpha value is -1.20. The molecule has 5 heteroatoms. The van der Waals surface area contributed by atoms with Crippen LogP contribution in [-0.4, -0.2) is 28.9 Å². The summed E-state index contributed by atoms with van der Waals surface area (Å²) in [5.41, 5.74) is 7.60. The fourth-order valence-electron chi connectivity index (χ4n) is 1.84. The van der Waals surface area contributed by atoms with E-state index in [0.29, 0.717) is 5.25 Å². The molecule has 0 radical (unpaired) electrons. The number of H-pyrrole nitrogens is 1. The predicted octanol–water partition coefficient (Wildman–Crippen LogP) is 2.79. The average molecular weight is 265 g/mol. The van der Waals surface area contributed by atoms with Crippen molar-refractivity contribution in [2.45, 2.75) is 30.2 Å². The molecule has 0 aliphatic rings. The summed E-state index contributed by atoms with van der Waals surface area (Å²) in [4.78, 5) is 7.89. The Kier molecular flexibility index (Phi) is 4.49. The Balaban J connectivity index is 2.18. The fourth-order valence-corrected chi connectivity index (χ4v) is 2.89. The lowest BCUT2D eigenvalue weighted by Crippen LogP contribution is -2.09. The van der Waals surface area contributed by atoms with E-state index in [-0.39, 0.29) is 0 Å². The van der Waals surface area contributed by atoms with Crippen molar-refractivity contribution in [3.8, 4) is 5.75 Å². The predicted molar refractivity (Wildman–Crippen MR) is 76.3 cm³/mol. The minimum atomic E-state index is 0.525. The number of fused-ring (bicyclic) bond motifs is 1. The van der Waals surface area contributed by atoms with Gasteiger partial charge in [0.05, 0.1) is 18.1 Å². The summed E-state index contributed by atoms with van der Waals surface area (Å²) in [6.45, 7) is 2.90. The minimum absolute atomic E-state index is 0.525. The van der Waals surface area contributed by atoms with Crippen molar-refractivity contribution in [2.75, 3.05) is 13.7 Å². The summed E-state index contributed by atoms with van der Waals surface area (Å²) in [6.07, 6.45) is 2.11. The van der Waals surface area contributed by atoms with Gasteiger partial charge in [0.25, 0.3) is 0 Å². The molecule has 2 rings (SSSR count). The van der Waals surface area contributed by atoms with Gasteiger partial charge in [0, 0.05) is 11.3 Å². The van der Waals surface area contributed by atoms with E-state index in [1.807, 2.05) is 18.2 Å². The molecular weight excluding hydrogens is 246 g/mol. The van der Waals surface area contributed by atoms with Gasteiger partial charge in [0.2, 0.25) is 0 Å². The number of benzene rings is 1. The van der Waals surface area contributed by atoms with E-state index in [1.54, 1.807) is 18.9 Å². The average Bonchev–Trinajstić information content (AvgIpc) is 2.79. The molecular formula is C13H19N3OS. The molecule has 98 valence electrons. The number of hydrogen-bond acceptors (Lipinski definition) is 4. The first-order valence-electron chi connectivity index (χ1n) is 6.17. The highest BCUT2D eigenvalue weighted by atomic mass is 32.2. The van der Waals surface area contributed by atoms with E-state index in [2.05, 4.69) is 16.9 Å². The molecule has 2 aromatic rings. The fraction of sp³-hybridized carbons (Fsp3) is 0.462. The zero-order valence-electron chi connectivity index (χ0n) is 10.8. The molecule has 18 heavy (non-hydrogen) atoms. The van der Waals surface area contributed by atoms with Crippen LogP contribution in [0.15, 0.2) is 23.4 Å². The first kappa shape index (κ1) is 13.2. The van der Waals surface area contributed by atoms with Crippen molar-refractivity contribution in [1.82, 2.24) is 9.97 Å². The van der Waals surface area contributed by atoms with Crippen LogP contribution in [-0.2, 0) is 0 Å². The molecule has 0 saturated heterocycles. The first-order valence-corrected chi connectivity index (χ1v) is 7.05. The summed E-state index contributed by atoms with van der Waals surface area (Å²) >= 11 is 1.77. The molecule has 0 saturated carbocycles. The Morgan fingerprint density at radius 3 is 3.00 bits per heavy atom. The molecule has 1 atom stereocenters. The van der Waals surface area contributed by atoms with Crippen LogP contribution in [0.4, 0.5) is 0 Å². The summed E-state index contributed by atoms with van der Waals surface area (Å²) < 4.78 is 5.20. The number of rotatable bonds is 6. The number of aromatic amines is 1. The van der Waals surface area contributed by atoms with Crippen LogP contribution < -0.4 is 10.5 Å². The van der Waals surface area contributed by atoms with Crippen LogP contribution in [0.3, 0.4) is 0 Å². The molecule has 0 aliphatic carbocycles. The van der Waals surface area contributed by atoms with E-state index in [1.165, 1.54) is 0 Å². The van der Waals surface area contributed by atoms with Gasteiger partial charge in [-0.3, -0.25) is 0 Å². The van der Waals surface area contributed by atoms with Gasteiger partial charge in [0.15, 0.2) is 5.16 Å². The van der Waals surface area contributed by atoms with E-state index < -0.39 is 0 Å². The van der Waals surface area contributed by atoms with Crippen LogP contribution in [0.2, 0.25) is 0 Å². The van der Waals surface area contributed by atoms with Crippen molar-refractivity contribution in [3.05, 3.63) is 18.2 Å². The molecule has 0 spiro atoms. The lowest BCUT2D eigenvalue weighted by atomic mass is 10.2. The van der Waals surface area contributed by atoms with E-state index in [0.717, 1.165) is 41.3 Å². The molecule has 0 fully saturated rings. The molecule has 0 amide bonds. The largest absolute Gasteiger partial charge is 0.497 e. The van der Waals surface area contributed by atoms with Gasteiger partial charge in [-0.15, -0.1) is 0 Å². The summed E-state index contributed by atoms with van der Waals surface area (Å²) in [5, 5.41) is 1.48. The van der Waals surface area contributed by atoms with Crippen molar-refractivity contribution in [3.63, 3.8) is 0 Å². The number of aromatic nitrogens is 2. The number of imidazole rings is 1. The van der Waals surface area contributed by atoms with Gasteiger partial charge in [-0.1, -0.05) is 18.7 Å². The van der Waals surface area contributed by atoms with Gasteiger partial charge in [-0.2, -0.15) is 0 Å². The highest BCUT2D eigenvalue weighted by Gasteiger charge is 2.11. The van der Waals surface area contributed by atoms with Gasteiger partial charge < -0.3 is 15.5 Å². The molecule has 1 heterocycles. The van der Waals surface area contributed by atoms with Crippen LogP contribution in [0.1, 0.15) is 19.8 Å². The molecule has 4 nitrogen and oxygen atoms in total. The maximum atomic E-state index is 5.61. The second-order valence-electron chi connectivity index (χ2n) is 4.15. The van der Waals surface area contributed by atoms with Crippen molar-refractivity contribution >= 4 is 22.8 Å². The zero-order chi connectivity index (χ0) is 13.0. The van der Waals surface area contributed by atoms with Gasteiger partial charge in [0.1, 0.15) is 5.75 Å². The summed E-state index contributed by atoms with van der Waals surface area (Å²) in [7, 11) is 1.67. The Labute approximate surface area is 111 Å². The lowest BCUT2D eigenvalue weighted by molar-refractivity contribution is 0.415. The molecule has 1 aromatic carbocycles. The number of thioether (sulfide) groups is 1. The maximum absolute atomic E-state index is 5.61. The third-order valence-corrected chi connectivity index (χ3v) is 4.21. The summed E-state index contributed by atoms with van der Waals surface area (Å²) in [5.74, 6) is 0.844. The minimum Gasteiger partial charge on any atom is -0.497 e. The Morgan fingerprint density at radius 1 is 1.50 bits per heavy atom. The maximum Gasteiger partial charge on any atom is 0.166 e.